The number of rotatable bonds is 5. The topological polar surface area (TPSA) is 90.6 Å². The molecule has 126 valence electrons. The molecule has 2 aromatic heterocycles. The lowest BCUT2D eigenvalue weighted by atomic mass is 10.2. The van der Waals surface area contributed by atoms with Crippen molar-refractivity contribution in [2.75, 3.05) is 20.2 Å². The number of amides is 1. The molecule has 8 heteroatoms. The van der Waals surface area contributed by atoms with Crippen molar-refractivity contribution in [1.29, 1.82) is 0 Å². The second-order valence-electron chi connectivity index (χ2n) is 6.08. The number of methoxy groups -OCH3 is 1. The number of nitrogens with zero attached hydrogens (tertiary/aromatic N) is 4. The Bertz CT molecular complexity index is 726. The molecule has 0 unspecified atom stereocenters. The molecule has 0 radical (unpaired) electrons. The van der Waals surface area contributed by atoms with Crippen molar-refractivity contribution in [3.05, 3.63) is 29.7 Å². The molecule has 0 bridgehead atoms. The van der Waals surface area contributed by atoms with Gasteiger partial charge in [-0.2, -0.15) is 0 Å². The number of carbonyl (C=O) groups is 1. The predicted octanol–water partition coefficient (Wildman–Crippen LogP) is 1.64. The first-order valence-electron chi connectivity index (χ1n) is 8.03. The lowest BCUT2D eigenvalue weighted by Crippen LogP contribution is -2.31. The van der Waals surface area contributed by atoms with Crippen LogP contribution in [0.25, 0.3) is 0 Å². The summed E-state index contributed by atoms with van der Waals surface area (Å²) < 4.78 is 16.0. The average molecular weight is 330 g/mol. The second-order valence-corrected chi connectivity index (χ2v) is 6.08. The van der Waals surface area contributed by atoms with Crippen LogP contribution in [-0.2, 0) is 0 Å². The molecule has 24 heavy (non-hydrogen) atoms. The molecule has 0 aromatic carbocycles. The number of likely N-dealkylation sites (tertiary alicyclic amines) is 1. The fourth-order valence-electron chi connectivity index (χ4n) is 2.77. The van der Waals surface area contributed by atoms with Crippen molar-refractivity contribution in [3.63, 3.8) is 0 Å². The third-order valence-corrected chi connectivity index (χ3v) is 4.27. The van der Waals surface area contributed by atoms with Gasteiger partial charge in [0, 0.05) is 37.1 Å². The van der Waals surface area contributed by atoms with Crippen LogP contribution in [0.3, 0.4) is 0 Å². The Labute approximate surface area is 138 Å². The average Bonchev–Trinajstić information content (AvgIpc) is 3.16. The molecule has 1 amide bonds. The minimum Gasteiger partial charge on any atom is -0.480 e. The molecule has 1 aliphatic heterocycles. The van der Waals surface area contributed by atoms with E-state index in [1.54, 1.807) is 23.1 Å². The van der Waals surface area contributed by atoms with Gasteiger partial charge in [0.2, 0.25) is 11.8 Å². The second kappa shape index (κ2) is 6.10. The Balaban J connectivity index is 1.35. The van der Waals surface area contributed by atoms with Crippen LogP contribution in [0.1, 0.15) is 41.4 Å². The maximum absolute atomic E-state index is 12.5. The zero-order chi connectivity index (χ0) is 16.5. The Morgan fingerprint density at radius 2 is 2.04 bits per heavy atom. The van der Waals surface area contributed by atoms with Crippen LogP contribution < -0.4 is 9.47 Å². The van der Waals surface area contributed by atoms with E-state index in [0.717, 1.165) is 25.0 Å². The van der Waals surface area contributed by atoms with Gasteiger partial charge in [0.1, 0.15) is 11.9 Å². The lowest BCUT2D eigenvalue weighted by Gasteiger charge is -2.15. The standard InChI is InChI=1S/C16H18N4O4/c1-22-14-4-5-15(18-17-14)23-11-6-7-20(9-11)16(21)12-8-13(24-19-12)10-2-3-10/h4-5,8,10-11H,2-3,6-7,9H2,1H3/t11-/m0/s1. The smallest absolute Gasteiger partial charge is 0.276 e. The van der Waals surface area contributed by atoms with E-state index in [4.69, 9.17) is 14.0 Å². The van der Waals surface area contributed by atoms with Gasteiger partial charge in [0.05, 0.1) is 13.7 Å². The van der Waals surface area contributed by atoms with E-state index in [1.165, 1.54) is 7.11 Å². The molecule has 3 heterocycles. The summed E-state index contributed by atoms with van der Waals surface area (Å²) in [5.74, 6) is 2.01. The number of aromatic nitrogens is 3. The minimum absolute atomic E-state index is 0.105. The maximum Gasteiger partial charge on any atom is 0.276 e. The van der Waals surface area contributed by atoms with E-state index >= 15 is 0 Å². The van der Waals surface area contributed by atoms with Crippen LogP contribution in [-0.4, -0.2) is 52.5 Å². The molecule has 2 aliphatic rings. The Morgan fingerprint density at radius 3 is 2.75 bits per heavy atom. The number of carbonyl (C=O) groups excluding carboxylic acids is 1. The molecule has 1 saturated carbocycles. The first kappa shape index (κ1) is 14.9. The maximum atomic E-state index is 12.5. The quantitative estimate of drug-likeness (QED) is 0.823. The van der Waals surface area contributed by atoms with Crippen LogP contribution in [0.5, 0.6) is 11.8 Å². The highest BCUT2D eigenvalue weighted by atomic mass is 16.5. The van der Waals surface area contributed by atoms with E-state index < -0.39 is 0 Å². The van der Waals surface area contributed by atoms with Gasteiger partial charge in [-0.25, -0.2) is 0 Å². The largest absolute Gasteiger partial charge is 0.480 e. The van der Waals surface area contributed by atoms with E-state index in [1.807, 2.05) is 0 Å². The molecule has 8 nitrogen and oxygen atoms in total. The highest BCUT2D eigenvalue weighted by Crippen LogP contribution is 2.40. The summed E-state index contributed by atoms with van der Waals surface area (Å²) >= 11 is 0. The SMILES string of the molecule is COc1ccc(O[C@H]2CCN(C(=O)c3cc(C4CC4)on3)C2)nn1. The van der Waals surface area contributed by atoms with Gasteiger partial charge in [0.15, 0.2) is 5.69 Å². The monoisotopic (exact) mass is 330 g/mol. The van der Waals surface area contributed by atoms with Crippen LogP contribution in [0.4, 0.5) is 0 Å². The summed E-state index contributed by atoms with van der Waals surface area (Å²) in [5, 5.41) is 11.7. The first-order chi connectivity index (χ1) is 11.7. The number of hydrogen-bond donors (Lipinski definition) is 0. The van der Waals surface area contributed by atoms with Crippen molar-refractivity contribution < 1.29 is 18.8 Å². The van der Waals surface area contributed by atoms with Gasteiger partial charge in [-0.3, -0.25) is 4.79 Å². The molecule has 2 aromatic rings. The highest BCUT2D eigenvalue weighted by Gasteiger charge is 2.33. The minimum atomic E-state index is -0.113. The van der Waals surface area contributed by atoms with Gasteiger partial charge < -0.3 is 18.9 Å². The summed E-state index contributed by atoms with van der Waals surface area (Å²) in [7, 11) is 1.53. The van der Waals surface area contributed by atoms with Crippen molar-refractivity contribution in [1.82, 2.24) is 20.3 Å². The van der Waals surface area contributed by atoms with Crippen molar-refractivity contribution >= 4 is 5.91 Å². The Morgan fingerprint density at radius 1 is 1.25 bits per heavy atom. The van der Waals surface area contributed by atoms with Gasteiger partial charge >= 0.3 is 0 Å². The lowest BCUT2D eigenvalue weighted by molar-refractivity contribution is 0.0760. The molecular weight excluding hydrogens is 312 g/mol. The normalized spacial score (nSPS) is 20.2. The van der Waals surface area contributed by atoms with E-state index in [0.29, 0.717) is 36.5 Å². The fraction of sp³-hybridized carbons (Fsp3) is 0.500. The predicted molar refractivity (Wildman–Crippen MR) is 82.0 cm³/mol. The Kier molecular flexibility index (Phi) is 3.79. The molecule has 1 atom stereocenters. The van der Waals surface area contributed by atoms with Crippen LogP contribution in [0.15, 0.2) is 22.7 Å². The zero-order valence-electron chi connectivity index (χ0n) is 13.3. The van der Waals surface area contributed by atoms with E-state index in [-0.39, 0.29) is 12.0 Å². The van der Waals surface area contributed by atoms with Gasteiger partial charge in [-0.05, 0) is 12.8 Å². The third-order valence-electron chi connectivity index (χ3n) is 4.27. The summed E-state index contributed by atoms with van der Waals surface area (Å²) in [5.41, 5.74) is 0.377. The van der Waals surface area contributed by atoms with Crippen molar-refractivity contribution in [3.8, 4) is 11.8 Å². The van der Waals surface area contributed by atoms with E-state index in [2.05, 4.69) is 15.4 Å². The molecule has 2 fully saturated rings. The van der Waals surface area contributed by atoms with Crippen molar-refractivity contribution in [2.45, 2.75) is 31.3 Å². The molecule has 0 N–H and O–H groups in total. The van der Waals surface area contributed by atoms with E-state index in [9.17, 15) is 4.79 Å². The summed E-state index contributed by atoms with van der Waals surface area (Å²) in [6, 6.07) is 5.16. The van der Waals surface area contributed by atoms with Crippen LogP contribution in [0, 0.1) is 0 Å². The molecule has 4 rings (SSSR count). The zero-order valence-corrected chi connectivity index (χ0v) is 13.3. The molecule has 1 aliphatic carbocycles. The third kappa shape index (κ3) is 3.04. The summed E-state index contributed by atoms with van der Waals surface area (Å²) in [4.78, 5) is 14.2. The van der Waals surface area contributed by atoms with Crippen molar-refractivity contribution in [2.24, 2.45) is 0 Å². The van der Waals surface area contributed by atoms with Crippen LogP contribution in [0.2, 0.25) is 0 Å². The number of hydrogen-bond acceptors (Lipinski definition) is 7. The molecule has 0 spiro atoms. The van der Waals surface area contributed by atoms with Gasteiger partial charge in [-0.1, -0.05) is 5.16 Å². The van der Waals surface area contributed by atoms with Gasteiger partial charge in [0.25, 0.3) is 5.91 Å². The summed E-state index contributed by atoms with van der Waals surface area (Å²) in [6.07, 6.45) is 2.87. The number of ether oxygens (including phenoxy) is 2. The summed E-state index contributed by atoms with van der Waals surface area (Å²) in [6.45, 7) is 1.12. The van der Waals surface area contributed by atoms with Crippen LogP contribution >= 0.6 is 0 Å². The Hall–Kier alpha value is -2.64. The first-order valence-corrected chi connectivity index (χ1v) is 8.03. The molecule has 1 saturated heterocycles. The molecular formula is C16H18N4O4. The fourth-order valence-corrected chi connectivity index (χ4v) is 2.77. The highest BCUT2D eigenvalue weighted by molar-refractivity contribution is 5.92. The van der Waals surface area contributed by atoms with Gasteiger partial charge in [-0.15, -0.1) is 10.2 Å².